The molecule has 1 aliphatic heterocycles. The predicted octanol–water partition coefficient (Wildman–Crippen LogP) is 7.00. The van der Waals surface area contributed by atoms with E-state index in [1.807, 2.05) is 6.07 Å². The Hall–Kier alpha value is -1.87. The van der Waals surface area contributed by atoms with E-state index in [9.17, 15) is 4.39 Å². The number of anilines is 1. The second kappa shape index (κ2) is 8.17. The Labute approximate surface area is 192 Å². The zero-order chi connectivity index (χ0) is 21.7. The van der Waals surface area contributed by atoms with Gasteiger partial charge in [0.25, 0.3) is 0 Å². The summed E-state index contributed by atoms with van der Waals surface area (Å²) in [6, 6.07) is 15.1. The van der Waals surface area contributed by atoms with Gasteiger partial charge < -0.3 is 10.6 Å². The van der Waals surface area contributed by atoms with E-state index in [2.05, 4.69) is 41.8 Å². The number of halogens is 1. The van der Waals surface area contributed by atoms with Crippen molar-refractivity contribution in [2.24, 2.45) is 17.8 Å². The fourth-order valence-electron chi connectivity index (χ4n) is 7.92. The van der Waals surface area contributed by atoms with Crippen molar-refractivity contribution < 1.29 is 4.39 Å². The van der Waals surface area contributed by atoms with Crippen LogP contribution in [0.2, 0.25) is 0 Å². The van der Waals surface area contributed by atoms with Crippen LogP contribution >= 0.6 is 0 Å². The van der Waals surface area contributed by atoms with Gasteiger partial charge in [-0.1, -0.05) is 38.0 Å². The van der Waals surface area contributed by atoms with Crippen LogP contribution in [-0.2, 0) is 6.42 Å². The third-order valence-electron chi connectivity index (χ3n) is 8.88. The monoisotopic (exact) mass is 432 g/mol. The van der Waals surface area contributed by atoms with Crippen molar-refractivity contribution >= 4 is 5.69 Å². The number of rotatable bonds is 6. The Kier molecular flexibility index (Phi) is 5.29. The summed E-state index contributed by atoms with van der Waals surface area (Å²) in [5.74, 6) is 2.75. The molecule has 0 aromatic heterocycles. The third kappa shape index (κ3) is 3.87. The van der Waals surface area contributed by atoms with Gasteiger partial charge in [0.05, 0.1) is 6.04 Å². The van der Waals surface area contributed by atoms with Gasteiger partial charge in [0, 0.05) is 17.3 Å². The lowest BCUT2D eigenvalue weighted by molar-refractivity contribution is 0.0107. The average molecular weight is 433 g/mol. The van der Waals surface area contributed by atoms with E-state index in [1.165, 1.54) is 73.7 Å². The smallest absolute Gasteiger partial charge is 0.123 e. The first kappa shape index (κ1) is 20.7. The summed E-state index contributed by atoms with van der Waals surface area (Å²) < 4.78 is 14.0. The van der Waals surface area contributed by atoms with Crippen LogP contribution in [0.25, 0.3) is 0 Å². The largest absolute Gasteiger partial charge is 0.380 e. The van der Waals surface area contributed by atoms with E-state index in [-0.39, 0.29) is 11.9 Å². The molecule has 4 saturated carbocycles. The number of unbranched alkanes of at least 4 members (excludes halogenated alkanes) is 1. The highest BCUT2D eigenvalue weighted by atomic mass is 19.1. The van der Waals surface area contributed by atoms with Crippen LogP contribution in [0.4, 0.5) is 10.1 Å². The van der Waals surface area contributed by atoms with Gasteiger partial charge >= 0.3 is 0 Å². The first-order chi connectivity index (χ1) is 15.6. The summed E-state index contributed by atoms with van der Waals surface area (Å²) in [7, 11) is 0. The van der Waals surface area contributed by atoms with Gasteiger partial charge in [0.15, 0.2) is 0 Å². The van der Waals surface area contributed by atoms with Crippen molar-refractivity contribution in [3.8, 4) is 0 Å². The van der Waals surface area contributed by atoms with E-state index < -0.39 is 0 Å². The van der Waals surface area contributed by atoms with Crippen molar-refractivity contribution in [2.45, 2.75) is 88.8 Å². The zero-order valence-corrected chi connectivity index (χ0v) is 19.4. The molecule has 2 atom stereocenters. The van der Waals surface area contributed by atoms with Crippen molar-refractivity contribution in [1.82, 2.24) is 5.32 Å². The molecule has 2 aromatic rings. The fraction of sp³-hybridized carbons (Fsp3) is 0.586. The molecule has 5 aliphatic rings. The van der Waals surface area contributed by atoms with E-state index in [0.717, 1.165) is 30.6 Å². The Morgan fingerprint density at radius 1 is 0.969 bits per heavy atom. The van der Waals surface area contributed by atoms with Crippen LogP contribution in [0.5, 0.6) is 0 Å². The van der Waals surface area contributed by atoms with Gasteiger partial charge in [-0.15, -0.1) is 0 Å². The minimum absolute atomic E-state index is 0.117. The highest BCUT2D eigenvalue weighted by molar-refractivity contribution is 5.50. The van der Waals surface area contributed by atoms with Crippen LogP contribution in [0.15, 0.2) is 42.5 Å². The van der Waals surface area contributed by atoms with Crippen molar-refractivity contribution in [3.05, 3.63) is 65.0 Å². The molecule has 1 heterocycles. The van der Waals surface area contributed by atoms with Crippen molar-refractivity contribution in [1.29, 1.82) is 0 Å². The van der Waals surface area contributed by atoms with Gasteiger partial charge in [-0.2, -0.15) is 0 Å². The van der Waals surface area contributed by atoms with Gasteiger partial charge in [0.2, 0.25) is 0 Å². The summed E-state index contributed by atoms with van der Waals surface area (Å²) >= 11 is 0. The first-order valence-electron chi connectivity index (χ1n) is 13.0. The molecule has 0 amide bonds. The van der Waals surface area contributed by atoms with Crippen LogP contribution < -0.4 is 10.6 Å². The molecule has 32 heavy (non-hydrogen) atoms. The number of benzene rings is 2. The quantitative estimate of drug-likeness (QED) is 0.513. The molecule has 2 aromatic carbocycles. The Morgan fingerprint density at radius 3 is 2.31 bits per heavy atom. The maximum absolute atomic E-state index is 14.0. The van der Waals surface area contributed by atoms with Gasteiger partial charge in [-0.25, -0.2) is 4.39 Å². The topological polar surface area (TPSA) is 24.1 Å². The molecule has 0 saturated heterocycles. The molecule has 0 radical (unpaired) electrons. The van der Waals surface area contributed by atoms with Gasteiger partial charge in [-0.05, 0) is 110 Å². The fourth-order valence-corrected chi connectivity index (χ4v) is 7.92. The molecule has 0 unspecified atom stereocenters. The van der Waals surface area contributed by atoms with Crippen LogP contribution in [0.1, 0.15) is 87.4 Å². The molecule has 0 spiro atoms. The van der Waals surface area contributed by atoms with Crippen LogP contribution in [0, 0.1) is 23.6 Å². The lowest BCUT2D eigenvalue weighted by atomic mass is 9.53. The Bertz CT molecular complexity index is 930. The summed E-state index contributed by atoms with van der Waals surface area (Å²) in [6.45, 7) is 2.24. The summed E-state index contributed by atoms with van der Waals surface area (Å²) in [5.41, 5.74) is 5.31. The molecular weight excluding hydrogens is 395 g/mol. The summed E-state index contributed by atoms with van der Waals surface area (Å²) in [6.07, 6.45) is 13.0. The molecule has 4 bridgehead atoms. The summed E-state index contributed by atoms with van der Waals surface area (Å²) in [4.78, 5) is 0. The molecule has 3 heteroatoms. The van der Waals surface area contributed by atoms with E-state index in [4.69, 9.17) is 0 Å². The number of fused-ring (bicyclic) bond motifs is 1. The highest BCUT2D eigenvalue weighted by Crippen LogP contribution is 2.56. The molecular formula is C29H37FN2. The Morgan fingerprint density at radius 2 is 1.66 bits per heavy atom. The molecule has 2 N–H and O–H groups in total. The Balaban J connectivity index is 1.22. The second-order valence-corrected chi connectivity index (χ2v) is 11.4. The molecule has 2 nitrogen and oxygen atoms in total. The predicted molar refractivity (Wildman–Crippen MR) is 129 cm³/mol. The van der Waals surface area contributed by atoms with Crippen LogP contribution in [-0.4, -0.2) is 11.6 Å². The van der Waals surface area contributed by atoms with Crippen molar-refractivity contribution in [2.75, 3.05) is 5.32 Å². The lowest BCUT2D eigenvalue weighted by Crippen LogP contribution is -2.54. The van der Waals surface area contributed by atoms with Gasteiger partial charge in [-0.3, -0.25) is 0 Å². The maximum atomic E-state index is 14.0. The molecule has 7 rings (SSSR count). The zero-order valence-electron chi connectivity index (χ0n) is 19.4. The normalized spacial score (nSPS) is 35.0. The molecule has 4 aliphatic carbocycles. The third-order valence-corrected chi connectivity index (χ3v) is 8.88. The van der Waals surface area contributed by atoms with E-state index >= 15 is 0 Å². The minimum Gasteiger partial charge on any atom is -0.380 e. The molecule has 170 valence electrons. The standard InChI is InChI=1S/C29H37FN2/c1-2-3-4-26-15-23-14-24(30)7-10-27(23)28(31-26)22-5-8-25(9-6-22)32-29-16-19-11-20(17-29)13-21(12-19)18-29/h5-10,14,19-21,26,28,31-32H,2-4,11-13,15-18H2,1H3/t19?,20?,21?,26-,28+,29?/m0/s1. The average Bonchev–Trinajstić information content (AvgIpc) is 2.76. The number of nitrogens with one attached hydrogen (secondary N) is 2. The highest BCUT2D eigenvalue weighted by Gasteiger charge is 2.50. The molecule has 4 fully saturated rings. The van der Waals surface area contributed by atoms with E-state index in [1.54, 1.807) is 12.1 Å². The minimum atomic E-state index is -0.117. The number of hydrogen-bond acceptors (Lipinski definition) is 2. The lowest BCUT2D eigenvalue weighted by Gasteiger charge is -2.57. The SMILES string of the molecule is CCCC[C@H]1Cc2cc(F)ccc2[C@@H](c2ccc(NC34CC5CC(CC(C5)C3)C4)cc2)N1. The second-order valence-electron chi connectivity index (χ2n) is 11.4. The maximum Gasteiger partial charge on any atom is 0.123 e. The number of hydrogen-bond donors (Lipinski definition) is 2. The first-order valence-corrected chi connectivity index (χ1v) is 13.0. The summed E-state index contributed by atoms with van der Waals surface area (Å²) in [5, 5.41) is 7.89. The van der Waals surface area contributed by atoms with Crippen LogP contribution in [0.3, 0.4) is 0 Å². The van der Waals surface area contributed by atoms with Gasteiger partial charge in [0.1, 0.15) is 5.82 Å². The van der Waals surface area contributed by atoms with Crippen molar-refractivity contribution in [3.63, 3.8) is 0 Å². The van der Waals surface area contributed by atoms with E-state index in [0.29, 0.717) is 11.6 Å².